The first-order chi connectivity index (χ1) is 9.61. The number of carbonyl (C=O) groups excluding carboxylic acids is 1. The van der Waals surface area contributed by atoms with Crippen LogP contribution >= 0.6 is 0 Å². The van der Waals surface area contributed by atoms with Crippen LogP contribution in [-0.2, 0) is 0 Å². The van der Waals surface area contributed by atoms with Gasteiger partial charge in [0.15, 0.2) is 0 Å². The van der Waals surface area contributed by atoms with Gasteiger partial charge in [0.1, 0.15) is 23.7 Å². The van der Waals surface area contributed by atoms with Crippen LogP contribution in [0.2, 0.25) is 0 Å². The Kier molecular flexibility index (Phi) is 4.29. The summed E-state index contributed by atoms with van der Waals surface area (Å²) >= 11 is 0. The number of carboxylic acid groups (broad SMARTS) is 1. The van der Waals surface area contributed by atoms with E-state index >= 15 is 0 Å². The molecule has 1 aromatic carbocycles. The first-order valence-corrected chi connectivity index (χ1v) is 6.18. The van der Waals surface area contributed by atoms with Gasteiger partial charge in [-0.2, -0.15) is 0 Å². The second kappa shape index (κ2) is 6.14. The number of urea groups is 1. The highest BCUT2D eigenvalue weighted by molar-refractivity contribution is 5.91. The lowest BCUT2D eigenvalue weighted by molar-refractivity contribution is 0.0691. The molecule has 7 nitrogen and oxygen atoms in total. The summed E-state index contributed by atoms with van der Waals surface area (Å²) in [6.45, 7) is 1.91. The minimum absolute atomic E-state index is 0.0372. The molecule has 1 aromatic rings. The maximum Gasteiger partial charge on any atom is 0.339 e. The Morgan fingerprint density at radius 3 is 2.90 bits per heavy atom. The molecule has 0 unspecified atom stereocenters. The summed E-state index contributed by atoms with van der Waals surface area (Å²) in [7, 11) is 1.47. The van der Waals surface area contributed by atoms with Crippen molar-refractivity contribution in [2.75, 3.05) is 33.4 Å². The summed E-state index contributed by atoms with van der Waals surface area (Å²) in [5.74, 6) is -0.371. The fraction of sp³-hybridized carbons (Fsp3) is 0.385. The van der Waals surface area contributed by atoms with Crippen LogP contribution in [-0.4, -0.2) is 55.4 Å². The molecule has 1 aliphatic heterocycles. The number of rotatable bonds is 6. The Bertz CT molecular complexity index is 517. The predicted octanol–water partition coefficient (Wildman–Crippen LogP) is 0.797. The lowest BCUT2D eigenvalue weighted by Crippen LogP contribution is -2.32. The molecule has 20 heavy (non-hydrogen) atoms. The van der Waals surface area contributed by atoms with Crippen LogP contribution in [0.5, 0.6) is 11.5 Å². The number of carboxylic acids is 1. The number of nitrogens with zero attached hydrogens (tertiary/aromatic N) is 1. The fourth-order valence-electron chi connectivity index (χ4n) is 1.92. The second-order valence-corrected chi connectivity index (χ2v) is 4.23. The first kappa shape index (κ1) is 14.0. The van der Waals surface area contributed by atoms with Crippen LogP contribution in [0.25, 0.3) is 0 Å². The van der Waals surface area contributed by atoms with E-state index in [1.807, 2.05) is 0 Å². The smallest absolute Gasteiger partial charge is 0.339 e. The lowest BCUT2D eigenvalue weighted by Gasteiger charge is -2.15. The molecule has 2 amide bonds. The van der Waals surface area contributed by atoms with E-state index in [9.17, 15) is 9.59 Å². The summed E-state index contributed by atoms with van der Waals surface area (Å²) in [4.78, 5) is 24.1. The maximum atomic E-state index is 11.3. The van der Waals surface area contributed by atoms with E-state index in [1.54, 1.807) is 17.0 Å². The highest BCUT2D eigenvalue weighted by Crippen LogP contribution is 2.24. The Hall–Kier alpha value is -2.44. The Morgan fingerprint density at radius 1 is 1.50 bits per heavy atom. The van der Waals surface area contributed by atoms with Crippen molar-refractivity contribution in [1.29, 1.82) is 0 Å². The molecular formula is C13H16N2O5. The number of hydrogen-bond donors (Lipinski definition) is 2. The quantitative estimate of drug-likeness (QED) is 0.804. The van der Waals surface area contributed by atoms with Crippen LogP contribution in [0.3, 0.4) is 0 Å². The van der Waals surface area contributed by atoms with Crippen molar-refractivity contribution in [3.8, 4) is 11.5 Å². The van der Waals surface area contributed by atoms with E-state index in [2.05, 4.69) is 5.32 Å². The number of aromatic carboxylic acids is 1. The molecule has 1 saturated heterocycles. The zero-order chi connectivity index (χ0) is 14.5. The molecule has 2 rings (SSSR count). The molecule has 2 N–H and O–H groups in total. The van der Waals surface area contributed by atoms with Gasteiger partial charge in [0.05, 0.1) is 13.7 Å². The molecule has 1 heterocycles. The summed E-state index contributed by atoms with van der Waals surface area (Å²) in [5, 5.41) is 11.8. The lowest BCUT2D eigenvalue weighted by atomic mass is 10.2. The number of carbonyl (C=O) groups is 2. The topological polar surface area (TPSA) is 88.1 Å². The van der Waals surface area contributed by atoms with E-state index in [1.165, 1.54) is 13.2 Å². The maximum absolute atomic E-state index is 11.3. The molecular weight excluding hydrogens is 264 g/mol. The van der Waals surface area contributed by atoms with Crippen molar-refractivity contribution < 1.29 is 24.2 Å². The van der Waals surface area contributed by atoms with Crippen molar-refractivity contribution in [3.63, 3.8) is 0 Å². The third-order valence-corrected chi connectivity index (χ3v) is 2.98. The normalized spacial score (nSPS) is 14.1. The summed E-state index contributed by atoms with van der Waals surface area (Å²) in [6.07, 6.45) is 0. The van der Waals surface area contributed by atoms with Gasteiger partial charge >= 0.3 is 12.0 Å². The summed E-state index contributed by atoms with van der Waals surface area (Å²) < 4.78 is 10.4. The summed E-state index contributed by atoms with van der Waals surface area (Å²) in [5.41, 5.74) is 0.0372. The molecule has 0 aromatic heterocycles. The molecule has 1 fully saturated rings. The SMILES string of the molecule is COc1ccc(OCCN2CCNC2=O)c(C(=O)O)c1. The molecule has 7 heteroatoms. The van der Waals surface area contributed by atoms with E-state index in [0.29, 0.717) is 25.4 Å². The van der Waals surface area contributed by atoms with E-state index in [4.69, 9.17) is 14.6 Å². The van der Waals surface area contributed by atoms with Crippen LogP contribution in [0, 0.1) is 0 Å². The average molecular weight is 280 g/mol. The predicted molar refractivity (Wildman–Crippen MR) is 70.4 cm³/mol. The van der Waals surface area contributed by atoms with Crippen LogP contribution in [0.15, 0.2) is 18.2 Å². The van der Waals surface area contributed by atoms with Crippen LogP contribution in [0.4, 0.5) is 4.79 Å². The highest BCUT2D eigenvalue weighted by atomic mass is 16.5. The number of amides is 2. The van der Waals surface area contributed by atoms with Crippen LogP contribution < -0.4 is 14.8 Å². The van der Waals surface area contributed by atoms with Crippen molar-refractivity contribution in [2.24, 2.45) is 0 Å². The molecule has 1 aliphatic rings. The average Bonchev–Trinajstić information content (AvgIpc) is 2.84. The van der Waals surface area contributed by atoms with Gasteiger partial charge in [0, 0.05) is 13.1 Å². The van der Waals surface area contributed by atoms with Gasteiger partial charge in [-0.15, -0.1) is 0 Å². The van der Waals surface area contributed by atoms with E-state index in [-0.39, 0.29) is 24.0 Å². The van der Waals surface area contributed by atoms with Crippen molar-refractivity contribution in [3.05, 3.63) is 23.8 Å². The number of methoxy groups -OCH3 is 1. The zero-order valence-corrected chi connectivity index (χ0v) is 11.1. The summed E-state index contributed by atoms with van der Waals surface area (Å²) in [6, 6.07) is 4.46. The molecule has 0 spiro atoms. The Balaban J connectivity index is 1.98. The molecule has 0 saturated carbocycles. The van der Waals surface area contributed by atoms with Crippen LogP contribution in [0.1, 0.15) is 10.4 Å². The number of nitrogens with one attached hydrogen (secondary N) is 1. The van der Waals surface area contributed by atoms with Gasteiger partial charge in [-0.25, -0.2) is 9.59 Å². The second-order valence-electron chi connectivity index (χ2n) is 4.23. The van der Waals surface area contributed by atoms with Gasteiger partial charge in [0.25, 0.3) is 0 Å². The molecule has 0 atom stereocenters. The highest BCUT2D eigenvalue weighted by Gasteiger charge is 2.19. The molecule has 0 radical (unpaired) electrons. The van der Waals surface area contributed by atoms with Gasteiger partial charge in [-0.3, -0.25) is 0 Å². The first-order valence-electron chi connectivity index (χ1n) is 6.18. The minimum Gasteiger partial charge on any atom is -0.497 e. The fourth-order valence-corrected chi connectivity index (χ4v) is 1.92. The third kappa shape index (κ3) is 3.11. The Labute approximate surface area is 116 Å². The standard InChI is InChI=1S/C13H16N2O5/c1-19-9-2-3-11(10(8-9)12(16)17)20-7-6-15-5-4-14-13(15)18/h2-3,8H,4-7H2,1H3,(H,14,18)(H,16,17). The van der Waals surface area contributed by atoms with Gasteiger partial charge < -0.3 is 24.8 Å². The molecule has 0 bridgehead atoms. The van der Waals surface area contributed by atoms with E-state index in [0.717, 1.165) is 0 Å². The number of benzene rings is 1. The van der Waals surface area contributed by atoms with Gasteiger partial charge in [-0.1, -0.05) is 0 Å². The third-order valence-electron chi connectivity index (χ3n) is 2.98. The molecule has 0 aliphatic carbocycles. The van der Waals surface area contributed by atoms with Crippen molar-refractivity contribution >= 4 is 12.0 Å². The number of hydrogen-bond acceptors (Lipinski definition) is 4. The largest absolute Gasteiger partial charge is 0.497 e. The zero-order valence-electron chi connectivity index (χ0n) is 11.1. The molecule has 108 valence electrons. The minimum atomic E-state index is -1.09. The van der Waals surface area contributed by atoms with E-state index < -0.39 is 5.97 Å². The van der Waals surface area contributed by atoms with Crippen molar-refractivity contribution in [1.82, 2.24) is 10.2 Å². The Morgan fingerprint density at radius 2 is 2.30 bits per heavy atom. The monoisotopic (exact) mass is 280 g/mol. The van der Waals surface area contributed by atoms with Gasteiger partial charge in [-0.05, 0) is 18.2 Å². The number of ether oxygens (including phenoxy) is 2. The van der Waals surface area contributed by atoms with Crippen molar-refractivity contribution in [2.45, 2.75) is 0 Å². The van der Waals surface area contributed by atoms with Gasteiger partial charge in [0.2, 0.25) is 0 Å².